The van der Waals surface area contributed by atoms with Crippen LogP contribution >= 0.6 is 22.6 Å². The van der Waals surface area contributed by atoms with E-state index >= 15 is 0 Å². The third-order valence-electron chi connectivity index (χ3n) is 4.71. The third-order valence-corrected chi connectivity index (χ3v) is 5.51. The molecule has 0 fully saturated rings. The lowest BCUT2D eigenvalue weighted by Crippen LogP contribution is -2.14. The van der Waals surface area contributed by atoms with E-state index < -0.39 is 11.9 Å². The molecule has 0 aliphatic rings. The van der Waals surface area contributed by atoms with Gasteiger partial charge in [-0.15, -0.1) is 0 Å². The molecule has 0 aromatic heterocycles. The van der Waals surface area contributed by atoms with Crippen molar-refractivity contribution in [3.8, 4) is 17.6 Å². The number of ether oxygens (including phenoxy) is 2. The number of carboxylic acids is 1. The number of carbonyl (C=O) groups excluding carboxylic acids is 1. The Morgan fingerprint density at radius 3 is 2.60 bits per heavy atom. The second kappa shape index (κ2) is 12.0. The van der Waals surface area contributed by atoms with Crippen molar-refractivity contribution in [2.45, 2.75) is 13.5 Å². The molecule has 0 aliphatic heterocycles. The van der Waals surface area contributed by atoms with Gasteiger partial charge in [-0.05, 0) is 77.6 Å². The molecule has 2 N–H and O–H groups in total. The summed E-state index contributed by atoms with van der Waals surface area (Å²) in [5.41, 5.74) is 0.973. The maximum Gasteiger partial charge on any atom is 0.335 e. The summed E-state index contributed by atoms with van der Waals surface area (Å²) in [4.78, 5) is 23.8. The van der Waals surface area contributed by atoms with E-state index in [9.17, 15) is 19.2 Å². The molecule has 0 atom stereocenters. The highest BCUT2D eigenvalue weighted by Crippen LogP contribution is 2.35. The molecule has 3 aromatic rings. The largest absolute Gasteiger partial charge is 0.490 e. The Balaban J connectivity index is 1.85. The van der Waals surface area contributed by atoms with E-state index in [0.717, 1.165) is 0 Å². The maximum atomic E-state index is 14.0. The summed E-state index contributed by atoms with van der Waals surface area (Å²) < 4.78 is 26.1. The van der Waals surface area contributed by atoms with E-state index in [4.69, 9.17) is 14.6 Å². The predicted molar refractivity (Wildman–Crippen MR) is 137 cm³/mol. The Kier molecular flexibility index (Phi) is 8.80. The summed E-state index contributed by atoms with van der Waals surface area (Å²) in [5, 5.41) is 21.2. The van der Waals surface area contributed by atoms with Gasteiger partial charge in [-0.1, -0.05) is 24.3 Å². The van der Waals surface area contributed by atoms with E-state index in [1.807, 2.05) is 28.7 Å². The Morgan fingerprint density at radius 1 is 1.14 bits per heavy atom. The molecule has 3 rings (SSSR count). The molecular formula is C26H20FIN2O5. The number of hydrogen-bond acceptors (Lipinski definition) is 5. The lowest BCUT2D eigenvalue weighted by atomic mass is 10.1. The van der Waals surface area contributed by atoms with Crippen molar-refractivity contribution < 1.29 is 28.6 Å². The topological polar surface area (TPSA) is 109 Å². The number of hydrogen-bond donors (Lipinski definition) is 2. The SMILES string of the molecule is CCOc1cc(/C=C(/C#N)C(=O)Nc2cccc(C(=O)O)c2)cc(I)c1OCc1ccccc1F. The molecule has 0 spiro atoms. The Labute approximate surface area is 214 Å². The number of nitrogens with zero attached hydrogens (tertiary/aromatic N) is 1. The minimum absolute atomic E-state index is 0.000800. The molecule has 0 heterocycles. The molecule has 1 amide bonds. The van der Waals surface area contributed by atoms with Crippen molar-refractivity contribution in [3.63, 3.8) is 0 Å². The van der Waals surface area contributed by atoms with Gasteiger partial charge in [0.25, 0.3) is 5.91 Å². The van der Waals surface area contributed by atoms with Crippen molar-refractivity contribution in [2.24, 2.45) is 0 Å². The lowest BCUT2D eigenvalue weighted by molar-refractivity contribution is -0.112. The summed E-state index contributed by atoms with van der Waals surface area (Å²) >= 11 is 2.04. The first kappa shape index (κ1) is 25.7. The minimum Gasteiger partial charge on any atom is -0.490 e. The van der Waals surface area contributed by atoms with Gasteiger partial charge in [-0.2, -0.15) is 5.26 Å². The molecule has 35 heavy (non-hydrogen) atoms. The first-order valence-corrected chi connectivity index (χ1v) is 11.5. The standard InChI is InChI=1S/C26H20FIN2O5/c1-2-34-23-12-16(11-22(28)24(23)35-15-18-6-3-4-9-21(18)27)10-19(14-29)25(31)30-20-8-5-7-17(13-20)26(32)33/h3-13H,2,15H2,1H3,(H,30,31)(H,32,33)/b19-10-. The normalized spacial score (nSPS) is 10.9. The monoisotopic (exact) mass is 586 g/mol. The fourth-order valence-corrected chi connectivity index (χ4v) is 3.86. The van der Waals surface area contributed by atoms with E-state index in [0.29, 0.717) is 32.8 Å². The minimum atomic E-state index is -1.13. The number of carbonyl (C=O) groups is 2. The van der Waals surface area contributed by atoms with E-state index in [1.165, 1.54) is 36.4 Å². The number of halogens is 2. The van der Waals surface area contributed by atoms with Gasteiger partial charge in [0, 0.05) is 11.3 Å². The summed E-state index contributed by atoms with van der Waals surface area (Å²) in [6, 6.07) is 17.2. The number of nitriles is 1. The average Bonchev–Trinajstić information content (AvgIpc) is 2.83. The highest BCUT2D eigenvalue weighted by atomic mass is 127. The second-order valence-electron chi connectivity index (χ2n) is 7.15. The van der Waals surface area contributed by atoms with Crippen molar-refractivity contribution in [1.29, 1.82) is 5.26 Å². The number of nitrogens with one attached hydrogen (secondary N) is 1. The number of anilines is 1. The molecule has 0 aliphatic carbocycles. The lowest BCUT2D eigenvalue weighted by Gasteiger charge is -2.15. The number of aromatic carboxylic acids is 1. The van der Waals surface area contributed by atoms with Gasteiger partial charge < -0.3 is 19.9 Å². The molecule has 9 heteroatoms. The van der Waals surface area contributed by atoms with E-state index in [1.54, 1.807) is 37.3 Å². The number of rotatable bonds is 9. The van der Waals surface area contributed by atoms with Gasteiger partial charge in [-0.25, -0.2) is 9.18 Å². The van der Waals surface area contributed by atoms with Gasteiger partial charge in [-0.3, -0.25) is 4.79 Å². The zero-order valence-electron chi connectivity index (χ0n) is 18.5. The second-order valence-corrected chi connectivity index (χ2v) is 8.32. The molecule has 0 bridgehead atoms. The van der Waals surface area contributed by atoms with Crippen molar-refractivity contribution in [2.75, 3.05) is 11.9 Å². The van der Waals surface area contributed by atoms with E-state index in [-0.39, 0.29) is 29.2 Å². The highest BCUT2D eigenvalue weighted by Gasteiger charge is 2.16. The summed E-state index contributed by atoms with van der Waals surface area (Å²) in [5.74, 6) is -1.40. The molecule has 0 saturated heterocycles. The Hall–Kier alpha value is -3.91. The van der Waals surface area contributed by atoms with Crippen LogP contribution in [0.5, 0.6) is 11.5 Å². The zero-order valence-corrected chi connectivity index (χ0v) is 20.7. The van der Waals surface area contributed by atoms with Crippen LogP contribution in [0.15, 0.2) is 66.2 Å². The van der Waals surface area contributed by atoms with Crippen LogP contribution in [-0.2, 0) is 11.4 Å². The van der Waals surface area contributed by atoms with Gasteiger partial charge >= 0.3 is 5.97 Å². The average molecular weight is 586 g/mol. The summed E-state index contributed by atoms with van der Waals surface area (Å²) in [6.07, 6.45) is 1.39. The Morgan fingerprint density at radius 2 is 1.91 bits per heavy atom. The first-order chi connectivity index (χ1) is 16.8. The number of carboxylic acid groups (broad SMARTS) is 1. The molecule has 0 unspecified atom stereocenters. The Bertz CT molecular complexity index is 1330. The molecule has 0 radical (unpaired) electrons. The molecule has 178 valence electrons. The van der Waals surface area contributed by atoms with Crippen molar-refractivity contribution in [3.05, 3.63) is 92.3 Å². The van der Waals surface area contributed by atoms with Crippen LogP contribution in [0.25, 0.3) is 6.08 Å². The molecule has 3 aromatic carbocycles. The van der Waals surface area contributed by atoms with Crippen LogP contribution in [0.3, 0.4) is 0 Å². The fraction of sp³-hybridized carbons (Fsp3) is 0.115. The van der Waals surface area contributed by atoms with Crippen LogP contribution in [0.1, 0.15) is 28.4 Å². The van der Waals surface area contributed by atoms with Gasteiger partial charge in [0.2, 0.25) is 0 Å². The number of benzene rings is 3. The van der Waals surface area contributed by atoms with Crippen LogP contribution in [-0.4, -0.2) is 23.6 Å². The zero-order chi connectivity index (χ0) is 25.4. The van der Waals surface area contributed by atoms with Crippen LogP contribution < -0.4 is 14.8 Å². The quantitative estimate of drug-likeness (QED) is 0.191. The van der Waals surface area contributed by atoms with Crippen LogP contribution in [0.4, 0.5) is 10.1 Å². The maximum absolute atomic E-state index is 14.0. The van der Waals surface area contributed by atoms with Crippen LogP contribution in [0.2, 0.25) is 0 Å². The molecular weight excluding hydrogens is 566 g/mol. The highest BCUT2D eigenvalue weighted by molar-refractivity contribution is 14.1. The van der Waals surface area contributed by atoms with Gasteiger partial charge in [0.15, 0.2) is 11.5 Å². The first-order valence-electron chi connectivity index (χ1n) is 10.4. The molecule has 0 saturated carbocycles. The van der Waals surface area contributed by atoms with Crippen LogP contribution in [0, 0.1) is 20.7 Å². The third kappa shape index (κ3) is 6.80. The molecule has 7 nitrogen and oxygen atoms in total. The smallest absolute Gasteiger partial charge is 0.335 e. The van der Waals surface area contributed by atoms with Gasteiger partial charge in [0.05, 0.1) is 15.7 Å². The van der Waals surface area contributed by atoms with E-state index in [2.05, 4.69) is 5.32 Å². The summed E-state index contributed by atoms with van der Waals surface area (Å²) in [6.45, 7) is 2.14. The number of amides is 1. The predicted octanol–water partition coefficient (Wildman–Crippen LogP) is 5.65. The van der Waals surface area contributed by atoms with Gasteiger partial charge in [0.1, 0.15) is 24.1 Å². The van der Waals surface area contributed by atoms with Crippen molar-refractivity contribution >= 4 is 46.2 Å². The summed E-state index contributed by atoms with van der Waals surface area (Å²) in [7, 11) is 0. The van der Waals surface area contributed by atoms with Crippen molar-refractivity contribution in [1.82, 2.24) is 0 Å². The fourth-order valence-electron chi connectivity index (χ4n) is 3.08.